The number of benzene rings is 1. The highest BCUT2D eigenvalue weighted by atomic mass is 19.1. The summed E-state index contributed by atoms with van der Waals surface area (Å²) in [7, 11) is 0. The SMILES string of the molecule is CC1(O)CCN(CCOc2ccccc2F)CC1. The lowest BCUT2D eigenvalue weighted by molar-refractivity contribution is -0.00775. The Bertz CT molecular complexity index is 385. The van der Waals surface area contributed by atoms with E-state index < -0.39 is 5.60 Å². The van der Waals surface area contributed by atoms with Crippen LogP contribution in [0.1, 0.15) is 19.8 Å². The molecule has 0 amide bonds. The van der Waals surface area contributed by atoms with Gasteiger partial charge in [0.15, 0.2) is 11.6 Å². The number of aliphatic hydroxyl groups is 1. The molecule has 1 aliphatic heterocycles. The second-order valence-corrected chi connectivity index (χ2v) is 5.12. The average Bonchev–Trinajstić information content (AvgIpc) is 2.34. The Labute approximate surface area is 107 Å². The van der Waals surface area contributed by atoms with E-state index in [2.05, 4.69) is 4.90 Å². The van der Waals surface area contributed by atoms with Crippen molar-refractivity contribution in [3.63, 3.8) is 0 Å². The second kappa shape index (κ2) is 5.67. The summed E-state index contributed by atoms with van der Waals surface area (Å²) in [6.45, 7) is 4.86. The molecule has 1 saturated heterocycles. The van der Waals surface area contributed by atoms with Gasteiger partial charge in [-0.15, -0.1) is 0 Å². The number of likely N-dealkylation sites (tertiary alicyclic amines) is 1. The zero-order chi connectivity index (χ0) is 13.0. The summed E-state index contributed by atoms with van der Waals surface area (Å²) in [6.07, 6.45) is 1.57. The zero-order valence-corrected chi connectivity index (χ0v) is 10.7. The van der Waals surface area contributed by atoms with Crippen LogP contribution in [0.5, 0.6) is 5.75 Å². The first-order valence-corrected chi connectivity index (χ1v) is 6.39. The quantitative estimate of drug-likeness (QED) is 0.891. The van der Waals surface area contributed by atoms with Crippen molar-refractivity contribution in [2.75, 3.05) is 26.2 Å². The van der Waals surface area contributed by atoms with Crippen LogP contribution >= 0.6 is 0 Å². The van der Waals surface area contributed by atoms with Gasteiger partial charge in [0.25, 0.3) is 0 Å². The molecule has 0 atom stereocenters. The van der Waals surface area contributed by atoms with Gasteiger partial charge in [0.05, 0.1) is 5.60 Å². The van der Waals surface area contributed by atoms with Gasteiger partial charge in [-0.1, -0.05) is 12.1 Å². The van der Waals surface area contributed by atoms with Crippen LogP contribution in [0.2, 0.25) is 0 Å². The van der Waals surface area contributed by atoms with Crippen molar-refractivity contribution >= 4 is 0 Å². The molecule has 0 aliphatic carbocycles. The fourth-order valence-electron chi connectivity index (χ4n) is 2.10. The number of hydrogen-bond donors (Lipinski definition) is 1. The van der Waals surface area contributed by atoms with E-state index in [0.717, 1.165) is 32.5 Å². The first-order valence-electron chi connectivity index (χ1n) is 6.39. The Morgan fingerprint density at radius 3 is 2.67 bits per heavy atom. The molecule has 1 fully saturated rings. The topological polar surface area (TPSA) is 32.7 Å². The molecule has 1 aliphatic rings. The highest BCUT2D eigenvalue weighted by Gasteiger charge is 2.26. The van der Waals surface area contributed by atoms with Crippen LogP contribution in [0.4, 0.5) is 4.39 Å². The largest absolute Gasteiger partial charge is 0.489 e. The third-order valence-electron chi connectivity index (χ3n) is 3.43. The van der Waals surface area contributed by atoms with Gasteiger partial charge >= 0.3 is 0 Å². The van der Waals surface area contributed by atoms with Crippen LogP contribution in [0.25, 0.3) is 0 Å². The molecule has 18 heavy (non-hydrogen) atoms. The fraction of sp³-hybridized carbons (Fsp3) is 0.571. The molecule has 1 aromatic carbocycles. The van der Waals surface area contributed by atoms with Crippen LogP contribution in [-0.4, -0.2) is 41.8 Å². The summed E-state index contributed by atoms with van der Waals surface area (Å²) in [4.78, 5) is 2.23. The van der Waals surface area contributed by atoms with E-state index in [9.17, 15) is 9.50 Å². The number of rotatable bonds is 4. The summed E-state index contributed by atoms with van der Waals surface area (Å²) in [5.41, 5.74) is -0.525. The van der Waals surface area contributed by atoms with Gasteiger partial charge in [-0.2, -0.15) is 0 Å². The number of halogens is 1. The maximum absolute atomic E-state index is 13.3. The molecular weight excluding hydrogens is 233 g/mol. The van der Waals surface area contributed by atoms with Gasteiger partial charge in [-0.05, 0) is 31.9 Å². The van der Waals surface area contributed by atoms with Crippen molar-refractivity contribution in [3.8, 4) is 5.75 Å². The second-order valence-electron chi connectivity index (χ2n) is 5.12. The molecule has 0 radical (unpaired) electrons. The maximum Gasteiger partial charge on any atom is 0.165 e. The van der Waals surface area contributed by atoms with Crippen molar-refractivity contribution in [1.82, 2.24) is 4.90 Å². The fourth-order valence-corrected chi connectivity index (χ4v) is 2.10. The third kappa shape index (κ3) is 3.68. The molecule has 1 N–H and O–H groups in total. The van der Waals surface area contributed by atoms with Crippen molar-refractivity contribution in [3.05, 3.63) is 30.1 Å². The highest BCUT2D eigenvalue weighted by molar-refractivity contribution is 5.23. The molecule has 1 aromatic rings. The summed E-state index contributed by atoms with van der Waals surface area (Å²) in [5.74, 6) is -0.0133. The van der Waals surface area contributed by atoms with E-state index >= 15 is 0 Å². The zero-order valence-electron chi connectivity index (χ0n) is 10.7. The lowest BCUT2D eigenvalue weighted by Crippen LogP contribution is -2.43. The molecule has 1 heterocycles. The minimum absolute atomic E-state index is 0.307. The number of piperidine rings is 1. The van der Waals surface area contributed by atoms with Gasteiger partial charge in [0, 0.05) is 19.6 Å². The lowest BCUT2D eigenvalue weighted by atomic mass is 9.94. The molecule has 0 aromatic heterocycles. The van der Waals surface area contributed by atoms with Gasteiger partial charge in [-0.3, -0.25) is 4.90 Å². The first kappa shape index (κ1) is 13.3. The number of hydrogen-bond acceptors (Lipinski definition) is 3. The molecule has 0 spiro atoms. The minimum Gasteiger partial charge on any atom is -0.489 e. The van der Waals surface area contributed by atoms with Crippen molar-refractivity contribution in [2.45, 2.75) is 25.4 Å². The Hall–Kier alpha value is -1.13. The molecule has 0 bridgehead atoms. The van der Waals surface area contributed by atoms with E-state index in [1.165, 1.54) is 6.07 Å². The van der Waals surface area contributed by atoms with Crippen LogP contribution in [0.15, 0.2) is 24.3 Å². The smallest absolute Gasteiger partial charge is 0.165 e. The number of ether oxygens (including phenoxy) is 1. The van der Waals surface area contributed by atoms with Crippen molar-refractivity contribution in [2.24, 2.45) is 0 Å². The van der Waals surface area contributed by atoms with Gasteiger partial charge < -0.3 is 9.84 Å². The summed E-state index contributed by atoms with van der Waals surface area (Å²) in [6, 6.07) is 6.44. The van der Waals surface area contributed by atoms with Gasteiger partial charge in [-0.25, -0.2) is 4.39 Å². The van der Waals surface area contributed by atoms with E-state index in [0.29, 0.717) is 12.4 Å². The first-order chi connectivity index (χ1) is 8.57. The third-order valence-corrected chi connectivity index (χ3v) is 3.43. The van der Waals surface area contributed by atoms with Crippen LogP contribution < -0.4 is 4.74 Å². The predicted molar refractivity (Wildman–Crippen MR) is 68.2 cm³/mol. The van der Waals surface area contributed by atoms with E-state index in [-0.39, 0.29) is 5.82 Å². The average molecular weight is 253 g/mol. The number of para-hydroxylation sites is 1. The van der Waals surface area contributed by atoms with E-state index in [4.69, 9.17) is 4.74 Å². The Morgan fingerprint density at radius 1 is 1.33 bits per heavy atom. The Kier molecular flexibility index (Phi) is 4.19. The summed E-state index contributed by atoms with van der Waals surface area (Å²) in [5, 5.41) is 9.82. The standard InChI is InChI=1S/C14H20FNO2/c1-14(17)6-8-16(9-7-14)10-11-18-13-5-3-2-4-12(13)15/h2-5,17H,6-11H2,1H3. The molecular formula is C14H20FNO2. The number of nitrogens with zero attached hydrogens (tertiary/aromatic N) is 1. The van der Waals surface area contributed by atoms with Crippen LogP contribution in [0, 0.1) is 5.82 Å². The van der Waals surface area contributed by atoms with Crippen molar-refractivity contribution < 1.29 is 14.2 Å². The molecule has 0 saturated carbocycles. The monoisotopic (exact) mass is 253 g/mol. The van der Waals surface area contributed by atoms with Gasteiger partial charge in [0.1, 0.15) is 6.61 Å². The molecule has 2 rings (SSSR count). The predicted octanol–water partition coefficient (Wildman–Crippen LogP) is 2.05. The molecule has 0 unspecified atom stereocenters. The Morgan fingerprint density at radius 2 is 2.00 bits per heavy atom. The molecule has 100 valence electrons. The van der Waals surface area contributed by atoms with Crippen molar-refractivity contribution in [1.29, 1.82) is 0 Å². The van der Waals surface area contributed by atoms with Gasteiger partial charge in [0.2, 0.25) is 0 Å². The van der Waals surface area contributed by atoms with Crippen LogP contribution in [0.3, 0.4) is 0 Å². The van der Waals surface area contributed by atoms with E-state index in [1.54, 1.807) is 18.2 Å². The van der Waals surface area contributed by atoms with Crippen LogP contribution in [-0.2, 0) is 0 Å². The highest BCUT2D eigenvalue weighted by Crippen LogP contribution is 2.21. The lowest BCUT2D eigenvalue weighted by Gasteiger charge is -2.35. The molecule has 4 heteroatoms. The summed E-state index contributed by atoms with van der Waals surface area (Å²) >= 11 is 0. The minimum atomic E-state index is -0.525. The summed E-state index contributed by atoms with van der Waals surface area (Å²) < 4.78 is 18.7. The Balaban J connectivity index is 1.72. The maximum atomic E-state index is 13.3. The van der Waals surface area contributed by atoms with E-state index in [1.807, 2.05) is 6.92 Å². The molecule has 3 nitrogen and oxygen atoms in total. The normalized spacial score (nSPS) is 19.7.